The zero-order chi connectivity index (χ0) is 15.7. The molecule has 1 aromatic rings. The van der Waals surface area contributed by atoms with Crippen LogP contribution in [0.4, 0.5) is 13.2 Å². The maximum atomic E-state index is 13.0. The van der Waals surface area contributed by atoms with Crippen LogP contribution in [-0.2, 0) is 6.18 Å². The minimum Gasteiger partial charge on any atom is -0.508 e. The Kier molecular flexibility index (Phi) is 4.32. The SMILES string of the molecule is Oc1ccc(C(F)(F)F)cc1[C@H](C1CCC1)N1CCNCC1. The molecule has 1 aliphatic carbocycles. The van der Waals surface area contributed by atoms with Gasteiger partial charge in [-0.25, -0.2) is 0 Å². The number of nitrogens with one attached hydrogen (secondary N) is 1. The predicted molar refractivity (Wildman–Crippen MR) is 77.6 cm³/mol. The average Bonchev–Trinajstić information content (AvgIpc) is 2.43. The summed E-state index contributed by atoms with van der Waals surface area (Å²) in [5.74, 6) is 0.316. The molecule has 3 rings (SSSR count). The van der Waals surface area contributed by atoms with E-state index in [1.165, 1.54) is 6.07 Å². The lowest BCUT2D eigenvalue weighted by atomic mass is 9.76. The van der Waals surface area contributed by atoms with Crippen LogP contribution in [0.25, 0.3) is 0 Å². The third-order valence-corrected chi connectivity index (χ3v) is 4.81. The van der Waals surface area contributed by atoms with Crippen molar-refractivity contribution in [1.82, 2.24) is 10.2 Å². The van der Waals surface area contributed by atoms with E-state index in [9.17, 15) is 18.3 Å². The lowest BCUT2D eigenvalue weighted by Gasteiger charge is -2.43. The van der Waals surface area contributed by atoms with Crippen LogP contribution in [-0.4, -0.2) is 36.2 Å². The van der Waals surface area contributed by atoms with Gasteiger partial charge in [-0.2, -0.15) is 13.2 Å². The summed E-state index contributed by atoms with van der Waals surface area (Å²) in [6, 6.07) is 3.17. The first kappa shape index (κ1) is 15.6. The number of rotatable bonds is 3. The van der Waals surface area contributed by atoms with E-state index in [1.807, 2.05) is 0 Å². The molecular weight excluding hydrogens is 293 g/mol. The Bertz CT molecular complexity index is 523. The topological polar surface area (TPSA) is 35.5 Å². The van der Waals surface area contributed by atoms with Gasteiger partial charge in [-0.3, -0.25) is 4.90 Å². The number of piperazine rings is 1. The van der Waals surface area contributed by atoms with Crippen LogP contribution in [0.15, 0.2) is 18.2 Å². The van der Waals surface area contributed by atoms with Crippen molar-refractivity contribution in [2.75, 3.05) is 26.2 Å². The standard InChI is InChI=1S/C16H21F3N2O/c17-16(18,19)12-4-5-14(22)13(10-12)15(11-2-1-3-11)21-8-6-20-7-9-21/h4-5,10-11,15,20,22H,1-3,6-9H2/t15-/m0/s1. The molecular formula is C16H21F3N2O. The third-order valence-electron chi connectivity index (χ3n) is 4.81. The molecule has 0 aromatic heterocycles. The number of halogens is 3. The Morgan fingerprint density at radius 3 is 2.41 bits per heavy atom. The number of hydrogen-bond acceptors (Lipinski definition) is 3. The highest BCUT2D eigenvalue weighted by molar-refractivity contribution is 5.40. The van der Waals surface area contributed by atoms with Crippen molar-refractivity contribution >= 4 is 0 Å². The molecule has 2 N–H and O–H groups in total. The second kappa shape index (κ2) is 6.08. The summed E-state index contributed by atoms with van der Waals surface area (Å²) in [6.07, 6.45) is -1.22. The maximum absolute atomic E-state index is 13.0. The van der Waals surface area contributed by atoms with Crippen LogP contribution in [0.1, 0.15) is 36.4 Å². The molecule has 0 unspecified atom stereocenters. The Morgan fingerprint density at radius 1 is 1.18 bits per heavy atom. The smallest absolute Gasteiger partial charge is 0.416 e. The largest absolute Gasteiger partial charge is 0.508 e. The quantitative estimate of drug-likeness (QED) is 0.899. The fourth-order valence-electron chi connectivity index (χ4n) is 3.43. The van der Waals surface area contributed by atoms with Crippen LogP contribution >= 0.6 is 0 Å². The molecule has 2 fully saturated rings. The Hall–Kier alpha value is -1.27. The van der Waals surface area contributed by atoms with Crippen molar-refractivity contribution in [3.8, 4) is 5.75 Å². The highest BCUT2D eigenvalue weighted by Gasteiger charge is 2.37. The van der Waals surface area contributed by atoms with Crippen LogP contribution in [0.5, 0.6) is 5.75 Å². The average molecular weight is 314 g/mol. The number of benzene rings is 1. The van der Waals surface area contributed by atoms with Gasteiger partial charge in [0, 0.05) is 37.8 Å². The number of phenols is 1. The zero-order valence-electron chi connectivity index (χ0n) is 12.4. The van der Waals surface area contributed by atoms with Crippen molar-refractivity contribution in [1.29, 1.82) is 0 Å². The number of hydrogen-bond donors (Lipinski definition) is 2. The van der Waals surface area contributed by atoms with Gasteiger partial charge >= 0.3 is 6.18 Å². The molecule has 1 saturated heterocycles. The Balaban J connectivity index is 1.95. The van der Waals surface area contributed by atoms with Gasteiger partial charge in [0.25, 0.3) is 0 Å². The molecule has 1 aliphatic heterocycles. The predicted octanol–water partition coefficient (Wildman–Crippen LogP) is 3.16. The fourth-order valence-corrected chi connectivity index (χ4v) is 3.43. The van der Waals surface area contributed by atoms with E-state index in [2.05, 4.69) is 10.2 Å². The molecule has 6 heteroatoms. The fraction of sp³-hybridized carbons (Fsp3) is 0.625. The summed E-state index contributed by atoms with van der Waals surface area (Å²) in [5, 5.41) is 13.4. The summed E-state index contributed by atoms with van der Waals surface area (Å²) in [5.41, 5.74) is -0.249. The van der Waals surface area contributed by atoms with Gasteiger partial charge in [0.05, 0.1) is 5.56 Å². The van der Waals surface area contributed by atoms with Gasteiger partial charge < -0.3 is 10.4 Å². The van der Waals surface area contributed by atoms with Gasteiger partial charge in [-0.15, -0.1) is 0 Å². The van der Waals surface area contributed by atoms with Gasteiger partial charge in [-0.05, 0) is 37.0 Å². The molecule has 0 bridgehead atoms. The molecule has 22 heavy (non-hydrogen) atoms. The van der Waals surface area contributed by atoms with E-state index in [4.69, 9.17) is 0 Å². The van der Waals surface area contributed by atoms with Crippen molar-refractivity contribution in [3.05, 3.63) is 29.3 Å². The summed E-state index contributed by atoms with van der Waals surface area (Å²) < 4.78 is 39.0. The first-order valence-corrected chi connectivity index (χ1v) is 7.81. The number of aromatic hydroxyl groups is 1. The van der Waals surface area contributed by atoms with E-state index in [0.717, 1.165) is 57.6 Å². The lowest BCUT2D eigenvalue weighted by Crippen LogP contribution is -2.47. The van der Waals surface area contributed by atoms with Crippen molar-refractivity contribution in [2.45, 2.75) is 31.5 Å². The molecule has 1 aromatic carbocycles. The molecule has 0 spiro atoms. The van der Waals surface area contributed by atoms with Crippen molar-refractivity contribution in [3.63, 3.8) is 0 Å². The Labute approximate surface area is 128 Å². The van der Waals surface area contributed by atoms with E-state index < -0.39 is 11.7 Å². The number of phenolic OH excluding ortho intramolecular Hbond substituents is 1. The van der Waals surface area contributed by atoms with Crippen LogP contribution in [0, 0.1) is 5.92 Å². The van der Waals surface area contributed by atoms with Gasteiger partial charge in [-0.1, -0.05) is 6.42 Å². The summed E-state index contributed by atoms with van der Waals surface area (Å²) in [7, 11) is 0. The highest BCUT2D eigenvalue weighted by Crippen LogP contribution is 2.45. The highest BCUT2D eigenvalue weighted by atomic mass is 19.4. The first-order chi connectivity index (χ1) is 10.5. The Morgan fingerprint density at radius 2 is 1.86 bits per heavy atom. The van der Waals surface area contributed by atoms with Crippen LogP contribution in [0.3, 0.4) is 0 Å². The molecule has 0 radical (unpaired) electrons. The van der Waals surface area contributed by atoms with Gasteiger partial charge in [0.15, 0.2) is 0 Å². The van der Waals surface area contributed by atoms with Crippen LogP contribution < -0.4 is 5.32 Å². The number of alkyl halides is 3. The summed E-state index contributed by atoms with van der Waals surface area (Å²) >= 11 is 0. The molecule has 0 amide bonds. The van der Waals surface area contributed by atoms with E-state index in [0.29, 0.717) is 11.5 Å². The molecule has 1 atom stereocenters. The third kappa shape index (κ3) is 3.08. The molecule has 2 aliphatic rings. The molecule has 3 nitrogen and oxygen atoms in total. The summed E-state index contributed by atoms with van der Waals surface area (Å²) in [4.78, 5) is 2.22. The first-order valence-electron chi connectivity index (χ1n) is 7.81. The molecule has 122 valence electrons. The van der Waals surface area contributed by atoms with E-state index in [1.54, 1.807) is 0 Å². The minimum absolute atomic E-state index is 0.0246. The van der Waals surface area contributed by atoms with E-state index >= 15 is 0 Å². The maximum Gasteiger partial charge on any atom is 0.416 e. The van der Waals surface area contributed by atoms with Gasteiger partial charge in [0.1, 0.15) is 5.75 Å². The van der Waals surface area contributed by atoms with Gasteiger partial charge in [0.2, 0.25) is 0 Å². The minimum atomic E-state index is -4.38. The van der Waals surface area contributed by atoms with Crippen molar-refractivity contribution < 1.29 is 18.3 Å². The lowest BCUT2D eigenvalue weighted by molar-refractivity contribution is -0.137. The summed E-state index contributed by atoms with van der Waals surface area (Å²) in [6.45, 7) is 3.28. The second-order valence-corrected chi connectivity index (χ2v) is 6.19. The normalized spacial score (nSPS) is 22.3. The van der Waals surface area contributed by atoms with Crippen LogP contribution in [0.2, 0.25) is 0 Å². The van der Waals surface area contributed by atoms with Crippen molar-refractivity contribution in [2.24, 2.45) is 5.92 Å². The molecule has 1 heterocycles. The monoisotopic (exact) mass is 314 g/mol. The molecule has 1 saturated carbocycles. The second-order valence-electron chi connectivity index (χ2n) is 6.19. The zero-order valence-corrected chi connectivity index (χ0v) is 12.4. The van der Waals surface area contributed by atoms with E-state index in [-0.39, 0.29) is 11.8 Å². The number of nitrogens with zero attached hydrogens (tertiary/aromatic N) is 1.